The highest BCUT2D eigenvalue weighted by molar-refractivity contribution is 6.31. The van der Waals surface area contributed by atoms with Gasteiger partial charge in [-0.25, -0.2) is 4.90 Å². The molecule has 0 aliphatic carbocycles. The van der Waals surface area contributed by atoms with Crippen molar-refractivity contribution in [2.45, 2.75) is 12.1 Å². The summed E-state index contributed by atoms with van der Waals surface area (Å²) in [6, 6.07) is 6.45. The van der Waals surface area contributed by atoms with E-state index in [0.717, 1.165) is 0 Å². The Balaban J connectivity index is 1.66. The summed E-state index contributed by atoms with van der Waals surface area (Å²) in [6.07, 6.45) is -0.736. The van der Waals surface area contributed by atoms with Gasteiger partial charge in [-0.05, 0) is 24.3 Å². The fraction of sp³-hybridized carbons (Fsp3) is 0.429. The van der Waals surface area contributed by atoms with Gasteiger partial charge in [-0.2, -0.15) is 5.06 Å². The Morgan fingerprint density at radius 2 is 1.90 bits per heavy atom. The zero-order valence-electron chi connectivity index (χ0n) is 11.1. The van der Waals surface area contributed by atoms with E-state index in [-0.39, 0.29) is 17.9 Å². The van der Waals surface area contributed by atoms with Gasteiger partial charge < -0.3 is 4.74 Å². The monoisotopic (exact) mass is 308 g/mol. The lowest BCUT2D eigenvalue weighted by Crippen LogP contribution is -2.46. The molecule has 0 radical (unpaired) electrons. The molecule has 3 aliphatic rings. The van der Waals surface area contributed by atoms with Crippen molar-refractivity contribution in [2.24, 2.45) is 5.92 Å². The van der Waals surface area contributed by atoms with E-state index in [0.29, 0.717) is 30.5 Å². The van der Waals surface area contributed by atoms with Crippen LogP contribution in [0.1, 0.15) is 0 Å². The van der Waals surface area contributed by atoms with Crippen LogP contribution in [-0.4, -0.2) is 48.8 Å². The van der Waals surface area contributed by atoms with Crippen molar-refractivity contribution in [1.29, 1.82) is 0 Å². The van der Waals surface area contributed by atoms with Gasteiger partial charge in [0.05, 0.1) is 30.9 Å². The van der Waals surface area contributed by atoms with Crippen LogP contribution in [0.2, 0.25) is 5.02 Å². The predicted molar refractivity (Wildman–Crippen MR) is 73.6 cm³/mol. The van der Waals surface area contributed by atoms with E-state index >= 15 is 0 Å². The molecule has 1 aromatic carbocycles. The molecule has 4 rings (SSSR count). The molecule has 0 aromatic heterocycles. The predicted octanol–water partition coefficient (Wildman–Crippen LogP) is 0.844. The second kappa shape index (κ2) is 4.78. The molecule has 21 heavy (non-hydrogen) atoms. The van der Waals surface area contributed by atoms with E-state index in [4.69, 9.17) is 21.2 Å². The molecule has 3 atom stereocenters. The maximum absolute atomic E-state index is 12.6. The van der Waals surface area contributed by atoms with Crippen LogP contribution in [0.3, 0.4) is 0 Å². The molecule has 3 heterocycles. The van der Waals surface area contributed by atoms with Crippen molar-refractivity contribution < 1.29 is 19.2 Å². The summed E-state index contributed by atoms with van der Waals surface area (Å²) in [5, 5.41) is 2.27. The van der Waals surface area contributed by atoms with Crippen molar-refractivity contribution in [2.75, 3.05) is 24.7 Å². The number of hydrogen-bond donors (Lipinski definition) is 0. The smallest absolute Gasteiger partial charge is 0.265 e. The molecule has 0 unspecified atom stereocenters. The zero-order chi connectivity index (χ0) is 14.6. The number of imide groups is 1. The Morgan fingerprint density at radius 3 is 2.67 bits per heavy atom. The van der Waals surface area contributed by atoms with Gasteiger partial charge in [-0.3, -0.25) is 14.4 Å². The number of halogens is 1. The van der Waals surface area contributed by atoms with Crippen molar-refractivity contribution in [1.82, 2.24) is 5.06 Å². The molecule has 1 aromatic rings. The minimum absolute atomic E-state index is 0.183. The minimum Gasteiger partial charge on any atom is -0.378 e. The summed E-state index contributed by atoms with van der Waals surface area (Å²) in [6.45, 7) is 1.55. The van der Waals surface area contributed by atoms with E-state index in [1.807, 2.05) is 0 Å². The number of hydrogen-bond acceptors (Lipinski definition) is 5. The Morgan fingerprint density at radius 1 is 1.14 bits per heavy atom. The molecule has 2 amide bonds. The number of carbonyl (C=O) groups excluding carboxylic acids is 2. The molecule has 3 fully saturated rings. The van der Waals surface area contributed by atoms with Crippen LogP contribution >= 0.6 is 11.6 Å². The first kappa shape index (κ1) is 13.2. The number of nitrogens with zero attached hydrogens (tertiary/aromatic N) is 2. The summed E-state index contributed by atoms with van der Waals surface area (Å²) < 4.78 is 5.41. The summed E-state index contributed by atoms with van der Waals surface area (Å²) in [5.41, 5.74) is 0.524. The molecular weight excluding hydrogens is 296 g/mol. The third kappa shape index (κ3) is 1.91. The van der Waals surface area contributed by atoms with Gasteiger partial charge in [0.25, 0.3) is 5.91 Å². The zero-order valence-corrected chi connectivity index (χ0v) is 11.8. The van der Waals surface area contributed by atoms with Gasteiger partial charge in [0.1, 0.15) is 0 Å². The lowest BCUT2D eigenvalue weighted by atomic mass is 9.97. The lowest BCUT2D eigenvalue weighted by molar-refractivity contribution is -0.197. The first-order valence-electron chi connectivity index (χ1n) is 6.81. The highest BCUT2D eigenvalue weighted by Gasteiger charge is 2.60. The Kier molecular flexibility index (Phi) is 3.00. The molecular formula is C14H13ClN2O4. The third-order valence-electron chi connectivity index (χ3n) is 4.16. The van der Waals surface area contributed by atoms with E-state index < -0.39 is 12.0 Å². The van der Waals surface area contributed by atoms with Crippen molar-refractivity contribution >= 4 is 29.1 Å². The van der Waals surface area contributed by atoms with Gasteiger partial charge in [-0.1, -0.05) is 11.6 Å². The van der Waals surface area contributed by atoms with Crippen LogP contribution in [-0.2, 0) is 19.2 Å². The Labute approximate surface area is 126 Å². The highest BCUT2D eigenvalue weighted by Crippen LogP contribution is 2.39. The standard InChI is InChI=1S/C14H13ClN2O4/c15-8-1-3-9(4-2-8)17-13(18)11-10-7-20-6-5-16(10)21-12(11)14(17)19/h1-4,10-12H,5-7H2/t10-,11-,12+/m1/s1. The molecule has 0 saturated carbocycles. The number of benzene rings is 1. The molecule has 0 N–H and O–H groups in total. The number of ether oxygens (including phenoxy) is 1. The average Bonchev–Trinajstić information content (AvgIpc) is 2.98. The van der Waals surface area contributed by atoms with E-state index in [1.54, 1.807) is 29.3 Å². The summed E-state index contributed by atoms with van der Waals surface area (Å²) in [7, 11) is 0. The van der Waals surface area contributed by atoms with Gasteiger partial charge in [0.2, 0.25) is 5.91 Å². The second-order valence-electron chi connectivity index (χ2n) is 5.32. The van der Waals surface area contributed by atoms with Crippen LogP contribution in [0.25, 0.3) is 0 Å². The number of morpholine rings is 1. The van der Waals surface area contributed by atoms with Crippen LogP contribution in [0.5, 0.6) is 0 Å². The Bertz CT molecular complexity index is 605. The fourth-order valence-electron chi connectivity index (χ4n) is 3.16. The van der Waals surface area contributed by atoms with Crippen LogP contribution in [0.4, 0.5) is 5.69 Å². The van der Waals surface area contributed by atoms with E-state index in [2.05, 4.69) is 0 Å². The SMILES string of the molecule is O=C1[C@H]2[C@H](ON3CCOC[C@H]23)C(=O)N1c1ccc(Cl)cc1. The second-order valence-corrected chi connectivity index (χ2v) is 5.76. The number of amides is 2. The van der Waals surface area contributed by atoms with Crippen LogP contribution in [0.15, 0.2) is 24.3 Å². The third-order valence-corrected chi connectivity index (χ3v) is 4.41. The number of fused-ring (bicyclic) bond motifs is 3. The first-order chi connectivity index (χ1) is 10.2. The number of rotatable bonds is 1. The molecule has 3 aliphatic heterocycles. The number of hydroxylamine groups is 2. The largest absolute Gasteiger partial charge is 0.378 e. The van der Waals surface area contributed by atoms with E-state index in [1.165, 1.54) is 4.90 Å². The van der Waals surface area contributed by atoms with E-state index in [9.17, 15) is 9.59 Å². The summed E-state index contributed by atoms with van der Waals surface area (Å²) in [4.78, 5) is 32.0. The molecule has 3 saturated heterocycles. The lowest BCUT2D eigenvalue weighted by Gasteiger charge is -2.30. The summed E-state index contributed by atoms with van der Waals surface area (Å²) >= 11 is 5.84. The van der Waals surface area contributed by atoms with Gasteiger partial charge in [0, 0.05) is 11.6 Å². The number of anilines is 1. The molecule has 0 spiro atoms. The fourth-order valence-corrected chi connectivity index (χ4v) is 3.28. The van der Waals surface area contributed by atoms with Crippen LogP contribution < -0.4 is 4.90 Å². The van der Waals surface area contributed by atoms with Crippen molar-refractivity contribution in [3.8, 4) is 0 Å². The molecule has 6 nitrogen and oxygen atoms in total. The van der Waals surface area contributed by atoms with Crippen LogP contribution in [0, 0.1) is 5.92 Å². The quantitative estimate of drug-likeness (QED) is 0.720. The molecule has 7 heteroatoms. The summed E-state index contributed by atoms with van der Waals surface area (Å²) in [5.74, 6) is -1.04. The minimum atomic E-state index is -0.736. The van der Waals surface area contributed by atoms with Gasteiger partial charge in [0.15, 0.2) is 6.10 Å². The first-order valence-corrected chi connectivity index (χ1v) is 7.19. The average molecular weight is 309 g/mol. The maximum atomic E-state index is 12.6. The van der Waals surface area contributed by atoms with Gasteiger partial charge >= 0.3 is 0 Å². The number of carbonyl (C=O) groups is 2. The Hall–Kier alpha value is -1.47. The van der Waals surface area contributed by atoms with Gasteiger partial charge in [-0.15, -0.1) is 0 Å². The van der Waals surface area contributed by atoms with Crippen molar-refractivity contribution in [3.63, 3.8) is 0 Å². The molecule has 0 bridgehead atoms. The molecule has 110 valence electrons. The maximum Gasteiger partial charge on any atom is 0.265 e. The highest BCUT2D eigenvalue weighted by atomic mass is 35.5. The van der Waals surface area contributed by atoms with Crippen molar-refractivity contribution in [3.05, 3.63) is 29.3 Å². The topological polar surface area (TPSA) is 59.1 Å². The normalized spacial score (nSPS) is 32.4.